The molecule has 25 heavy (non-hydrogen) atoms. The fourth-order valence-electron chi connectivity index (χ4n) is 2.40. The Bertz CT molecular complexity index is 924. The number of rotatable bonds is 5. The molecule has 0 fully saturated rings. The number of sulfonamides is 1. The Morgan fingerprint density at radius 3 is 2.60 bits per heavy atom. The Morgan fingerprint density at radius 1 is 1.12 bits per heavy atom. The molecule has 0 bridgehead atoms. The number of hydrogen-bond donors (Lipinski definition) is 2. The van der Waals surface area contributed by atoms with Crippen molar-refractivity contribution in [2.75, 3.05) is 5.32 Å². The summed E-state index contributed by atoms with van der Waals surface area (Å²) in [6.45, 7) is 0.278. The van der Waals surface area contributed by atoms with E-state index < -0.39 is 10.0 Å². The van der Waals surface area contributed by atoms with Gasteiger partial charge >= 0.3 is 0 Å². The second-order valence-electron chi connectivity index (χ2n) is 5.54. The van der Waals surface area contributed by atoms with Crippen LogP contribution < -0.4 is 10.6 Å². The molecule has 130 valence electrons. The van der Waals surface area contributed by atoms with E-state index in [1.807, 2.05) is 0 Å². The third-order valence-corrected chi connectivity index (χ3v) is 5.04. The van der Waals surface area contributed by atoms with Crippen LogP contribution in [0.5, 0.6) is 0 Å². The molecular weight excluding hydrogens is 345 g/mol. The molecule has 6 nitrogen and oxygen atoms in total. The molecule has 2 N–H and O–H groups in total. The lowest BCUT2D eigenvalue weighted by molar-refractivity contribution is -0.121. The first-order valence-corrected chi connectivity index (χ1v) is 9.09. The smallest absolute Gasteiger partial charge is 0.286 e. The normalized spacial score (nSPS) is 14.8. The van der Waals surface area contributed by atoms with Crippen molar-refractivity contribution in [3.05, 3.63) is 59.9 Å². The molecule has 0 aromatic heterocycles. The van der Waals surface area contributed by atoms with E-state index in [0.29, 0.717) is 5.69 Å². The highest BCUT2D eigenvalue weighted by Gasteiger charge is 2.24. The van der Waals surface area contributed by atoms with Crippen LogP contribution in [0.2, 0.25) is 0 Å². The monoisotopic (exact) mass is 361 g/mol. The van der Waals surface area contributed by atoms with Crippen LogP contribution in [-0.4, -0.2) is 20.2 Å². The molecular formula is C17H16FN3O3S. The fraction of sp³-hybridized carbons (Fsp3) is 0.176. The molecule has 1 heterocycles. The van der Waals surface area contributed by atoms with Gasteiger partial charge in [-0.3, -0.25) is 4.79 Å². The zero-order valence-corrected chi connectivity index (χ0v) is 14.0. The maximum absolute atomic E-state index is 12.8. The molecule has 3 rings (SSSR count). The van der Waals surface area contributed by atoms with Crippen molar-refractivity contribution in [1.29, 1.82) is 0 Å². The van der Waals surface area contributed by atoms with Gasteiger partial charge in [0.1, 0.15) is 16.5 Å². The van der Waals surface area contributed by atoms with Gasteiger partial charge in [-0.05, 0) is 29.8 Å². The minimum atomic E-state index is -3.74. The van der Waals surface area contributed by atoms with Gasteiger partial charge in [-0.1, -0.05) is 24.3 Å². The number of fused-ring (bicyclic) bond motifs is 1. The largest absolute Gasteiger partial charge is 0.352 e. The number of carbonyl (C=O) groups is 1. The third-order valence-electron chi connectivity index (χ3n) is 3.67. The Hall–Kier alpha value is -2.74. The van der Waals surface area contributed by atoms with Gasteiger partial charge in [-0.15, -0.1) is 4.40 Å². The summed E-state index contributed by atoms with van der Waals surface area (Å²) < 4.78 is 40.8. The van der Waals surface area contributed by atoms with Crippen LogP contribution in [0.25, 0.3) is 0 Å². The van der Waals surface area contributed by atoms with Gasteiger partial charge < -0.3 is 10.6 Å². The minimum Gasteiger partial charge on any atom is -0.352 e. The minimum absolute atomic E-state index is 0.0880. The van der Waals surface area contributed by atoms with E-state index in [2.05, 4.69) is 15.0 Å². The number of para-hydroxylation sites is 1. The summed E-state index contributed by atoms with van der Waals surface area (Å²) in [5.41, 5.74) is 1.23. The second-order valence-corrected chi connectivity index (χ2v) is 7.11. The number of halogens is 1. The first kappa shape index (κ1) is 17.1. The number of nitrogens with zero attached hydrogens (tertiary/aromatic N) is 1. The molecule has 0 saturated carbocycles. The SMILES string of the molecule is O=C(CCC1=NS(=O)(=O)c2ccccc2N1)NCc1ccc(F)cc1. The molecule has 1 aliphatic heterocycles. The van der Waals surface area contributed by atoms with E-state index in [0.717, 1.165) is 5.56 Å². The maximum Gasteiger partial charge on any atom is 0.286 e. The van der Waals surface area contributed by atoms with Crippen molar-refractivity contribution in [3.8, 4) is 0 Å². The lowest BCUT2D eigenvalue weighted by Gasteiger charge is -2.17. The number of anilines is 1. The summed E-state index contributed by atoms with van der Waals surface area (Å²) in [5, 5.41) is 5.64. The van der Waals surface area contributed by atoms with E-state index in [-0.39, 0.29) is 41.8 Å². The maximum atomic E-state index is 12.8. The van der Waals surface area contributed by atoms with Gasteiger partial charge in [0.25, 0.3) is 10.0 Å². The van der Waals surface area contributed by atoms with Crippen molar-refractivity contribution in [2.24, 2.45) is 4.40 Å². The average molecular weight is 361 g/mol. The Kier molecular flexibility index (Phi) is 4.80. The highest BCUT2D eigenvalue weighted by atomic mass is 32.2. The molecule has 0 radical (unpaired) electrons. The summed E-state index contributed by atoms with van der Waals surface area (Å²) >= 11 is 0. The van der Waals surface area contributed by atoms with Gasteiger partial charge in [-0.2, -0.15) is 8.42 Å². The summed E-state index contributed by atoms with van der Waals surface area (Å²) in [5.74, 6) is -0.348. The van der Waals surface area contributed by atoms with Gasteiger partial charge in [0.05, 0.1) is 5.69 Å². The van der Waals surface area contributed by atoms with Crippen molar-refractivity contribution >= 4 is 27.5 Å². The predicted octanol–water partition coefficient (Wildman–Crippen LogP) is 2.44. The van der Waals surface area contributed by atoms with Crippen molar-refractivity contribution in [2.45, 2.75) is 24.3 Å². The van der Waals surface area contributed by atoms with Crippen molar-refractivity contribution < 1.29 is 17.6 Å². The summed E-state index contributed by atoms with van der Waals surface area (Å²) in [6.07, 6.45) is 0.257. The van der Waals surface area contributed by atoms with E-state index in [9.17, 15) is 17.6 Å². The number of nitrogens with one attached hydrogen (secondary N) is 2. The molecule has 2 aromatic rings. The number of amidine groups is 1. The van der Waals surface area contributed by atoms with E-state index >= 15 is 0 Å². The van der Waals surface area contributed by atoms with Gasteiger partial charge in [0.15, 0.2) is 0 Å². The van der Waals surface area contributed by atoms with Gasteiger partial charge in [-0.25, -0.2) is 4.39 Å². The highest BCUT2D eigenvalue weighted by molar-refractivity contribution is 7.90. The molecule has 8 heteroatoms. The summed E-state index contributed by atoms with van der Waals surface area (Å²) in [7, 11) is -3.74. The summed E-state index contributed by atoms with van der Waals surface area (Å²) in [6, 6.07) is 12.3. The van der Waals surface area contributed by atoms with Crippen LogP contribution in [0, 0.1) is 5.82 Å². The first-order valence-electron chi connectivity index (χ1n) is 7.65. The molecule has 1 amide bonds. The molecule has 1 aliphatic rings. The lowest BCUT2D eigenvalue weighted by Crippen LogP contribution is -2.26. The van der Waals surface area contributed by atoms with Crippen molar-refractivity contribution in [1.82, 2.24) is 5.32 Å². The summed E-state index contributed by atoms with van der Waals surface area (Å²) in [4.78, 5) is 12.0. The number of benzene rings is 2. The molecule has 0 aliphatic carbocycles. The van der Waals surface area contributed by atoms with Crippen LogP contribution in [0.15, 0.2) is 57.8 Å². The number of amides is 1. The second kappa shape index (κ2) is 7.02. The van der Waals surface area contributed by atoms with E-state index in [4.69, 9.17) is 0 Å². The zero-order valence-electron chi connectivity index (χ0n) is 13.2. The van der Waals surface area contributed by atoms with Crippen LogP contribution >= 0.6 is 0 Å². The topological polar surface area (TPSA) is 87.6 Å². The number of carbonyl (C=O) groups excluding carboxylic acids is 1. The Labute approximate surface area is 144 Å². The molecule has 0 spiro atoms. The van der Waals surface area contributed by atoms with Gasteiger partial charge in [0.2, 0.25) is 5.91 Å². The average Bonchev–Trinajstić information content (AvgIpc) is 2.59. The van der Waals surface area contributed by atoms with E-state index in [1.165, 1.54) is 18.2 Å². The molecule has 0 atom stereocenters. The quantitative estimate of drug-likeness (QED) is 0.856. The lowest BCUT2D eigenvalue weighted by atomic mass is 10.2. The Balaban J connectivity index is 1.56. The molecule has 0 saturated heterocycles. The highest BCUT2D eigenvalue weighted by Crippen LogP contribution is 2.27. The predicted molar refractivity (Wildman–Crippen MR) is 92.2 cm³/mol. The van der Waals surface area contributed by atoms with Crippen LogP contribution in [0.3, 0.4) is 0 Å². The number of hydrogen-bond acceptors (Lipinski definition) is 4. The third kappa shape index (κ3) is 4.21. The Morgan fingerprint density at radius 2 is 1.84 bits per heavy atom. The standard InChI is InChI=1S/C17H16FN3O3S/c18-13-7-5-12(6-8-13)11-19-17(22)10-9-16-20-14-3-1-2-4-15(14)25(23,24)21-16/h1-8H,9-11H2,(H,19,22)(H,20,21). The zero-order chi connectivity index (χ0) is 17.9. The van der Waals surface area contributed by atoms with E-state index in [1.54, 1.807) is 30.3 Å². The fourth-order valence-corrected chi connectivity index (χ4v) is 3.57. The first-order chi connectivity index (χ1) is 11.9. The molecule has 0 unspecified atom stereocenters. The van der Waals surface area contributed by atoms with Crippen molar-refractivity contribution in [3.63, 3.8) is 0 Å². The van der Waals surface area contributed by atoms with Gasteiger partial charge in [0, 0.05) is 19.4 Å². The van der Waals surface area contributed by atoms with Crippen LogP contribution in [0.4, 0.5) is 10.1 Å². The van der Waals surface area contributed by atoms with Crippen LogP contribution in [0.1, 0.15) is 18.4 Å². The van der Waals surface area contributed by atoms with Crippen LogP contribution in [-0.2, 0) is 21.4 Å². The molecule has 2 aromatic carbocycles.